The number of aryl methyl sites for hydroxylation is 2. The van der Waals surface area contributed by atoms with Crippen LogP contribution in [0, 0.1) is 0 Å². The average molecular weight is 347 g/mol. The molecule has 1 atom stereocenters. The van der Waals surface area contributed by atoms with Crippen molar-refractivity contribution in [2.24, 2.45) is 7.05 Å². The molecule has 0 radical (unpaired) electrons. The van der Waals surface area contributed by atoms with Crippen LogP contribution in [0.5, 0.6) is 0 Å². The van der Waals surface area contributed by atoms with Crippen LogP contribution in [0.2, 0.25) is 0 Å². The number of hydrogen-bond acceptors (Lipinski definition) is 5. The van der Waals surface area contributed by atoms with Crippen molar-refractivity contribution in [2.45, 2.75) is 25.9 Å². The smallest absolute Gasteiger partial charge is 0.163 e. The second-order valence-corrected chi connectivity index (χ2v) is 6.21. The number of nitrogens with one attached hydrogen (secondary N) is 1. The molecule has 0 unspecified atom stereocenters. The summed E-state index contributed by atoms with van der Waals surface area (Å²) in [7, 11) is 1.90. The Hall–Kier alpha value is -3.22. The number of rotatable bonds is 6. The van der Waals surface area contributed by atoms with Crippen molar-refractivity contribution in [3.63, 3.8) is 0 Å². The highest BCUT2D eigenvalue weighted by Crippen LogP contribution is 2.26. The van der Waals surface area contributed by atoms with Gasteiger partial charge in [0.05, 0.1) is 24.0 Å². The van der Waals surface area contributed by atoms with Gasteiger partial charge in [-0.25, -0.2) is 15.0 Å². The van der Waals surface area contributed by atoms with E-state index in [1.54, 1.807) is 10.9 Å². The van der Waals surface area contributed by atoms with Crippen LogP contribution in [0.4, 0.5) is 5.82 Å². The molecule has 4 rings (SSSR count). The maximum atomic E-state index is 4.73. The van der Waals surface area contributed by atoms with Gasteiger partial charge in [-0.2, -0.15) is 5.10 Å². The summed E-state index contributed by atoms with van der Waals surface area (Å²) in [6.07, 6.45) is 8.18. The van der Waals surface area contributed by atoms with Crippen LogP contribution in [0.25, 0.3) is 11.0 Å². The van der Waals surface area contributed by atoms with Crippen LogP contribution in [-0.4, -0.2) is 29.3 Å². The molecule has 132 valence electrons. The monoisotopic (exact) mass is 347 g/mol. The first kappa shape index (κ1) is 16.3. The lowest BCUT2D eigenvalue weighted by atomic mass is 10.1. The number of imidazole rings is 1. The number of anilines is 1. The fourth-order valence-electron chi connectivity index (χ4n) is 3.03. The van der Waals surface area contributed by atoms with Gasteiger partial charge in [0.1, 0.15) is 11.6 Å². The average Bonchev–Trinajstić information content (AvgIpc) is 3.32. The Morgan fingerprint density at radius 1 is 1.15 bits per heavy atom. The van der Waals surface area contributed by atoms with E-state index in [1.165, 1.54) is 5.56 Å². The Morgan fingerprint density at radius 2 is 2.00 bits per heavy atom. The fraction of sp³-hybridized carbons (Fsp3) is 0.263. The topological polar surface area (TPSA) is 73.5 Å². The van der Waals surface area contributed by atoms with Gasteiger partial charge in [-0.3, -0.25) is 4.68 Å². The van der Waals surface area contributed by atoms with Crippen molar-refractivity contribution in [1.29, 1.82) is 0 Å². The summed E-state index contributed by atoms with van der Waals surface area (Å²) in [6.45, 7) is 2.80. The summed E-state index contributed by atoms with van der Waals surface area (Å²) >= 11 is 0. The van der Waals surface area contributed by atoms with Crippen LogP contribution < -0.4 is 5.32 Å². The van der Waals surface area contributed by atoms with E-state index in [-0.39, 0.29) is 6.04 Å². The third-order valence-corrected chi connectivity index (χ3v) is 4.42. The first-order valence-electron chi connectivity index (χ1n) is 8.70. The summed E-state index contributed by atoms with van der Waals surface area (Å²) in [5.74, 6) is 1.62. The van der Waals surface area contributed by atoms with E-state index in [4.69, 9.17) is 4.98 Å². The highest BCUT2D eigenvalue weighted by atomic mass is 15.3. The van der Waals surface area contributed by atoms with Crippen molar-refractivity contribution in [3.8, 4) is 0 Å². The zero-order valence-electron chi connectivity index (χ0n) is 14.9. The van der Waals surface area contributed by atoms with Gasteiger partial charge in [-0.15, -0.1) is 0 Å². The molecule has 0 aliphatic rings. The van der Waals surface area contributed by atoms with Gasteiger partial charge in [0.15, 0.2) is 5.65 Å². The van der Waals surface area contributed by atoms with Crippen LogP contribution >= 0.6 is 0 Å². The van der Waals surface area contributed by atoms with E-state index in [1.807, 2.05) is 31.8 Å². The lowest BCUT2D eigenvalue weighted by Gasteiger charge is -2.21. The second-order valence-electron chi connectivity index (χ2n) is 6.21. The summed E-state index contributed by atoms with van der Waals surface area (Å²) < 4.78 is 3.85. The number of hydrogen-bond donors (Lipinski definition) is 1. The van der Waals surface area contributed by atoms with Crippen molar-refractivity contribution < 1.29 is 0 Å². The highest BCUT2D eigenvalue weighted by molar-refractivity contribution is 5.86. The van der Waals surface area contributed by atoms with E-state index >= 15 is 0 Å². The lowest BCUT2D eigenvalue weighted by molar-refractivity contribution is 0.605. The lowest BCUT2D eigenvalue weighted by Crippen LogP contribution is -2.18. The highest BCUT2D eigenvalue weighted by Gasteiger charge is 2.17. The summed E-state index contributed by atoms with van der Waals surface area (Å²) in [5.41, 5.74) is 2.03. The van der Waals surface area contributed by atoms with Gasteiger partial charge in [0.2, 0.25) is 0 Å². The molecule has 0 fully saturated rings. The Labute approximate surface area is 151 Å². The van der Waals surface area contributed by atoms with Gasteiger partial charge < -0.3 is 9.88 Å². The minimum atomic E-state index is 0.0495. The Kier molecular flexibility index (Phi) is 4.35. The molecule has 0 saturated heterocycles. The molecule has 0 spiro atoms. The SMILES string of the molecule is CCc1nc(N[C@H](Cn2ccnc2)c2ccccc2)c2cnn(C)c2n1. The molecule has 7 heteroatoms. The molecule has 7 nitrogen and oxygen atoms in total. The normalized spacial score (nSPS) is 12.4. The van der Waals surface area contributed by atoms with Gasteiger partial charge in [-0.05, 0) is 5.56 Å². The molecule has 0 aliphatic carbocycles. The summed E-state index contributed by atoms with van der Waals surface area (Å²) in [5, 5.41) is 8.89. The number of fused-ring (bicyclic) bond motifs is 1. The number of aromatic nitrogens is 6. The Morgan fingerprint density at radius 3 is 2.73 bits per heavy atom. The fourth-order valence-corrected chi connectivity index (χ4v) is 3.03. The zero-order chi connectivity index (χ0) is 17.9. The molecule has 3 heterocycles. The second kappa shape index (κ2) is 6.95. The van der Waals surface area contributed by atoms with Crippen LogP contribution in [-0.2, 0) is 20.0 Å². The molecule has 0 saturated carbocycles. The minimum absolute atomic E-state index is 0.0495. The van der Waals surface area contributed by atoms with Crippen LogP contribution in [0.3, 0.4) is 0 Å². The summed E-state index contributed by atoms with van der Waals surface area (Å²) in [6, 6.07) is 10.4. The largest absolute Gasteiger partial charge is 0.361 e. The Bertz CT molecular complexity index is 990. The van der Waals surface area contributed by atoms with Gasteiger partial charge in [-0.1, -0.05) is 37.3 Å². The molecule has 3 aromatic heterocycles. The molecule has 0 amide bonds. The maximum absolute atomic E-state index is 4.73. The molecular formula is C19H21N7. The van der Waals surface area contributed by atoms with Crippen molar-refractivity contribution in [2.75, 3.05) is 5.32 Å². The van der Waals surface area contributed by atoms with Crippen LogP contribution in [0.15, 0.2) is 55.2 Å². The first-order valence-corrected chi connectivity index (χ1v) is 8.70. The molecular weight excluding hydrogens is 326 g/mol. The molecule has 0 bridgehead atoms. The van der Waals surface area contributed by atoms with Gasteiger partial charge >= 0.3 is 0 Å². The van der Waals surface area contributed by atoms with Crippen LogP contribution in [0.1, 0.15) is 24.4 Å². The van der Waals surface area contributed by atoms with Crippen molar-refractivity contribution in [1.82, 2.24) is 29.3 Å². The number of nitrogens with zero attached hydrogens (tertiary/aromatic N) is 6. The molecule has 1 N–H and O–H groups in total. The first-order chi connectivity index (χ1) is 12.7. The third-order valence-electron chi connectivity index (χ3n) is 4.42. The molecule has 1 aromatic carbocycles. The van der Waals surface area contributed by atoms with E-state index < -0.39 is 0 Å². The van der Waals surface area contributed by atoms with Crippen molar-refractivity contribution in [3.05, 3.63) is 66.6 Å². The number of benzene rings is 1. The predicted molar refractivity (Wildman–Crippen MR) is 101 cm³/mol. The maximum Gasteiger partial charge on any atom is 0.163 e. The zero-order valence-corrected chi connectivity index (χ0v) is 14.9. The summed E-state index contributed by atoms with van der Waals surface area (Å²) in [4.78, 5) is 13.5. The molecule has 26 heavy (non-hydrogen) atoms. The van der Waals surface area contributed by atoms with E-state index in [0.29, 0.717) is 0 Å². The molecule has 4 aromatic rings. The minimum Gasteiger partial charge on any atom is -0.361 e. The van der Waals surface area contributed by atoms with Crippen molar-refractivity contribution >= 4 is 16.9 Å². The van der Waals surface area contributed by atoms with Gasteiger partial charge in [0.25, 0.3) is 0 Å². The quantitative estimate of drug-likeness (QED) is 0.580. The van der Waals surface area contributed by atoms with Gasteiger partial charge in [0, 0.05) is 32.4 Å². The van der Waals surface area contributed by atoms with E-state index in [2.05, 4.69) is 56.1 Å². The standard InChI is InChI=1S/C19H21N7/c1-3-17-23-18(15-11-21-25(2)19(15)24-17)22-16(12-26-10-9-20-13-26)14-7-5-4-6-8-14/h4-11,13,16H,3,12H2,1-2H3,(H,22,23,24)/t16-/m1/s1. The van der Waals surface area contributed by atoms with E-state index in [9.17, 15) is 0 Å². The predicted octanol–water partition coefficient (Wildman–Crippen LogP) is 2.98. The van der Waals surface area contributed by atoms with E-state index in [0.717, 1.165) is 35.6 Å². The Balaban J connectivity index is 1.74. The molecule has 0 aliphatic heterocycles. The third kappa shape index (κ3) is 3.15.